The zero-order chi connectivity index (χ0) is 25.4. The molecule has 2 aromatic carbocycles. The summed E-state index contributed by atoms with van der Waals surface area (Å²) in [5.74, 6) is 0.124. The van der Waals surface area contributed by atoms with Gasteiger partial charge in [0.15, 0.2) is 0 Å². The first kappa shape index (κ1) is 27.3. The molecule has 35 heavy (non-hydrogen) atoms. The van der Waals surface area contributed by atoms with Gasteiger partial charge in [0.2, 0.25) is 5.88 Å². The monoisotopic (exact) mass is 566 g/mol. The number of aromatic nitrogens is 1. The van der Waals surface area contributed by atoms with Crippen molar-refractivity contribution in [2.45, 2.75) is 37.6 Å². The van der Waals surface area contributed by atoms with Crippen molar-refractivity contribution in [3.05, 3.63) is 64.8 Å². The fraction of sp³-hybridized carbons (Fsp3) is 0.400. The predicted octanol–water partition coefficient (Wildman–Crippen LogP) is 5.21. The minimum Gasteiger partial charge on any atom is -0.382 e. The highest BCUT2D eigenvalue weighted by Gasteiger charge is 2.32. The Morgan fingerprint density at radius 2 is 1.83 bits per heavy atom. The summed E-state index contributed by atoms with van der Waals surface area (Å²) >= 11 is 3.49. The third kappa shape index (κ3) is 6.31. The number of sulfonamides is 1. The number of hydrogen-bond donors (Lipinski definition) is 0. The Hall–Kier alpha value is -2.24. The van der Waals surface area contributed by atoms with Crippen molar-refractivity contribution in [1.82, 2.24) is 5.16 Å². The van der Waals surface area contributed by atoms with Gasteiger partial charge in [0, 0.05) is 30.2 Å². The van der Waals surface area contributed by atoms with Gasteiger partial charge in [-0.15, -0.1) is 0 Å². The molecule has 0 aliphatic heterocycles. The van der Waals surface area contributed by atoms with E-state index in [1.54, 1.807) is 39.2 Å². The highest BCUT2D eigenvalue weighted by atomic mass is 79.9. The number of benzene rings is 2. The number of halogens is 1. The van der Waals surface area contributed by atoms with Gasteiger partial charge in [-0.05, 0) is 43.5 Å². The van der Waals surface area contributed by atoms with Gasteiger partial charge in [-0.2, -0.15) is 0 Å². The summed E-state index contributed by atoms with van der Waals surface area (Å²) in [6, 6.07) is 12.8. The zero-order valence-corrected chi connectivity index (χ0v) is 22.8. The van der Waals surface area contributed by atoms with Crippen LogP contribution in [-0.2, 0) is 36.2 Å². The van der Waals surface area contributed by atoms with E-state index in [1.807, 2.05) is 31.2 Å². The minimum absolute atomic E-state index is 0.124. The van der Waals surface area contributed by atoms with Crippen LogP contribution < -0.4 is 4.31 Å². The number of methoxy groups -OCH3 is 1. The molecule has 10 heteroatoms. The third-order valence-corrected chi connectivity index (χ3v) is 7.94. The summed E-state index contributed by atoms with van der Waals surface area (Å²) < 4.78 is 51.1. The summed E-state index contributed by atoms with van der Waals surface area (Å²) in [6.45, 7) is 6.68. The normalized spacial score (nSPS) is 11.7. The molecule has 0 saturated heterocycles. The molecule has 3 rings (SSSR count). The predicted molar refractivity (Wildman–Crippen MR) is 138 cm³/mol. The van der Waals surface area contributed by atoms with Crippen LogP contribution >= 0.6 is 15.9 Å². The summed E-state index contributed by atoms with van der Waals surface area (Å²) in [5, 5.41) is 4.64. The lowest BCUT2D eigenvalue weighted by atomic mass is 9.98. The highest BCUT2D eigenvalue weighted by Crippen LogP contribution is 2.35. The first-order valence-corrected chi connectivity index (χ1v) is 13.8. The van der Waals surface area contributed by atoms with E-state index in [9.17, 15) is 8.42 Å². The van der Waals surface area contributed by atoms with Crippen molar-refractivity contribution < 1.29 is 27.2 Å². The number of nitrogens with zero attached hydrogens (tertiary/aromatic N) is 2. The number of ether oxygens (including phenoxy) is 3. The Balaban J connectivity index is 2.12. The van der Waals surface area contributed by atoms with E-state index in [2.05, 4.69) is 21.1 Å². The van der Waals surface area contributed by atoms with Crippen molar-refractivity contribution in [2.24, 2.45) is 0 Å². The second-order valence-electron chi connectivity index (χ2n) is 7.84. The Morgan fingerprint density at radius 1 is 1.06 bits per heavy atom. The van der Waals surface area contributed by atoms with Crippen LogP contribution in [0.2, 0.25) is 0 Å². The van der Waals surface area contributed by atoms with Gasteiger partial charge in [0.25, 0.3) is 10.0 Å². The topological polar surface area (TPSA) is 91.1 Å². The highest BCUT2D eigenvalue weighted by molar-refractivity contribution is 9.08. The Labute approximate surface area is 215 Å². The molecule has 0 spiro atoms. The Kier molecular flexibility index (Phi) is 9.88. The summed E-state index contributed by atoms with van der Waals surface area (Å²) in [7, 11) is -2.54. The smallest absolute Gasteiger partial charge is 0.269 e. The third-order valence-electron chi connectivity index (χ3n) is 5.53. The zero-order valence-electron chi connectivity index (χ0n) is 20.4. The lowest BCUT2D eigenvalue weighted by Gasteiger charge is -2.24. The second kappa shape index (κ2) is 12.6. The van der Waals surface area contributed by atoms with Gasteiger partial charge in [-0.1, -0.05) is 57.5 Å². The van der Waals surface area contributed by atoms with Gasteiger partial charge >= 0.3 is 0 Å². The fourth-order valence-electron chi connectivity index (χ4n) is 3.52. The fourth-order valence-corrected chi connectivity index (χ4v) is 5.41. The van der Waals surface area contributed by atoms with Crippen molar-refractivity contribution in [2.75, 3.05) is 38.0 Å². The molecule has 0 unspecified atom stereocenters. The molecule has 0 N–H and O–H groups in total. The van der Waals surface area contributed by atoms with Crippen LogP contribution in [0, 0.1) is 13.8 Å². The van der Waals surface area contributed by atoms with E-state index in [0.717, 1.165) is 21.0 Å². The van der Waals surface area contributed by atoms with Crippen molar-refractivity contribution in [3.63, 3.8) is 0 Å². The van der Waals surface area contributed by atoms with Gasteiger partial charge in [0.05, 0.1) is 30.4 Å². The standard InChI is InChI=1S/C25H31BrN2O6S/c1-5-32-16-21-14-20(15-26)10-11-22(21)23-8-6-7-9-24(23)35(29,30)28(17-33-13-12-31-4)25-18(2)19(3)27-34-25/h6-11,14H,5,12-13,15-17H2,1-4H3. The SMILES string of the molecule is CCOCc1cc(CBr)ccc1-c1ccccc1S(=O)(=O)N(COCCOC)c1onc(C)c1C. The Bertz CT molecular complexity index is 1230. The van der Waals surface area contributed by atoms with Gasteiger partial charge in [-0.25, -0.2) is 12.7 Å². The molecule has 8 nitrogen and oxygen atoms in total. The number of hydrogen-bond acceptors (Lipinski definition) is 7. The molecular formula is C25H31BrN2O6S. The van der Waals surface area contributed by atoms with Crippen molar-refractivity contribution >= 4 is 31.8 Å². The van der Waals surface area contributed by atoms with Crippen LogP contribution in [0.1, 0.15) is 29.3 Å². The van der Waals surface area contributed by atoms with Crippen LogP contribution in [0.15, 0.2) is 51.9 Å². The molecule has 0 fully saturated rings. The maximum absolute atomic E-state index is 14.1. The summed E-state index contributed by atoms with van der Waals surface area (Å²) in [4.78, 5) is 0.133. The van der Waals surface area contributed by atoms with E-state index in [4.69, 9.17) is 18.7 Å². The Morgan fingerprint density at radius 3 is 2.49 bits per heavy atom. The molecule has 1 heterocycles. The molecule has 0 aliphatic carbocycles. The molecule has 0 amide bonds. The van der Waals surface area contributed by atoms with Gasteiger partial charge < -0.3 is 18.7 Å². The van der Waals surface area contributed by atoms with Crippen molar-refractivity contribution in [3.8, 4) is 11.1 Å². The van der Waals surface area contributed by atoms with Gasteiger partial charge in [-0.3, -0.25) is 0 Å². The molecule has 190 valence electrons. The molecule has 0 radical (unpaired) electrons. The van der Waals surface area contributed by atoms with Gasteiger partial charge in [0.1, 0.15) is 6.73 Å². The van der Waals surface area contributed by atoms with Crippen LogP contribution in [0.3, 0.4) is 0 Å². The lowest BCUT2D eigenvalue weighted by molar-refractivity contribution is 0.0744. The van der Waals surface area contributed by atoms with Crippen LogP contribution in [0.4, 0.5) is 5.88 Å². The van der Waals surface area contributed by atoms with E-state index < -0.39 is 10.0 Å². The summed E-state index contributed by atoms with van der Waals surface area (Å²) in [6.07, 6.45) is 0. The van der Waals surface area contributed by atoms with E-state index >= 15 is 0 Å². The first-order valence-electron chi connectivity index (χ1n) is 11.2. The largest absolute Gasteiger partial charge is 0.382 e. The first-order chi connectivity index (χ1) is 16.8. The number of rotatable bonds is 13. The number of aryl methyl sites for hydroxylation is 1. The minimum atomic E-state index is -4.10. The van der Waals surface area contributed by atoms with E-state index in [0.29, 0.717) is 42.0 Å². The van der Waals surface area contributed by atoms with Crippen LogP contribution in [0.25, 0.3) is 11.1 Å². The average molecular weight is 568 g/mol. The molecule has 0 atom stereocenters. The molecule has 3 aromatic rings. The second-order valence-corrected chi connectivity index (χ2v) is 10.2. The molecule has 0 saturated carbocycles. The van der Waals surface area contributed by atoms with Crippen LogP contribution in [-0.4, -0.2) is 47.2 Å². The quantitative estimate of drug-likeness (QED) is 0.159. The van der Waals surface area contributed by atoms with Crippen molar-refractivity contribution in [1.29, 1.82) is 0 Å². The molecule has 0 aliphatic rings. The number of alkyl halides is 1. The lowest BCUT2D eigenvalue weighted by Crippen LogP contribution is -2.34. The van der Waals surface area contributed by atoms with Crippen LogP contribution in [0.5, 0.6) is 0 Å². The average Bonchev–Trinajstić information content (AvgIpc) is 3.20. The number of anilines is 1. The maximum atomic E-state index is 14.1. The summed E-state index contributed by atoms with van der Waals surface area (Å²) in [5.41, 5.74) is 4.56. The molecular weight excluding hydrogens is 536 g/mol. The maximum Gasteiger partial charge on any atom is 0.269 e. The van der Waals surface area contributed by atoms with E-state index in [1.165, 1.54) is 0 Å². The molecule has 0 bridgehead atoms. The molecule has 1 aromatic heterocycles. The van der Waals surface area contributed by atoms with E-state index in [-0.39, 0.29) is 24.1 Å².